The predicted molar refractivity (Wildman–Crippen MR) is 158 cm³/mol. The molecule has 2 aromatic carbocycles. The first-order valence-corrected chi connectivity index (χ1v) is 14.8. The van der Waals surface area contributed by atoms with Crippen molar-refractivity contribution >= 4 is 27.5 Å². The highest BCUT2D eigenvalue weighted by molar-refractivity contribution is 6.04. The molecule has 3 fully saturated rings. The summed E-state index contributed by atoms with van der Waals surface area (Å²) in [7, 11) is 0. The van der Waals surface area contributed by atoms with Crippen LogP contribution in [-0.4, -0.2) is 88.6 Å². The van der Waals surface area contributed by atoms with Gasteiger partial charge in [0.1, 0.15) is 53.4 Å². The lowest BCUT2D eigenvalue weighted by Gasteiger charge is -2.35. The van der Waals surface area contributed by atoms with E-state index in [1.807, 2.05) is 4.90 Å². The zero-order valence-electron chi connectivity index (χ0n) is 23.7. The second-order valence-electron chi connectivity index (χ2n) is 12.0. The van der Waals surface area contributed by atoms with Crippen molar-refractivity contribution < 1.29 is 27.8 Å². The Hall–Kier alpha value is -4.34. The number of hydrogen-bond acceptors (Lipinski definition) is 9. The Morgan fingerprint density at radius 1 is 1.18 bits per heavy atom. The Kier molecular flexibility index (Phi) is 6.25. The molecule has 3 atom stereocenters. The van der Waals surface area contributed by atoms with E-state index in [0.717, 1.165) is 19.4 Å². The number of nitrogens with zero attached hydrogens (tertiary/aromatic N) is 5. The molecule has 0 radical (unpaired) electrons. The third-order valence-corrected chi connectivity index (χ3v) is 9.43. The van der Waals surface area contributed by atoms with Gasteiger partial charge >= 0.3 is 6.01 Å². The van der Waals surface area contributed by atoms with Gasteiger partial charge in [-0.25, -0.2) is 18.2 Å². The number of benzene rings is 2. The Bertz CT molecular complexity index is 1880. The van der Waals surface area contributed by atoms with Gasteiger partial charge in [0, 0.05) is 43.5 Å². The molecule has 3 saturated heterocycles. The van der Waals surface area contributed by atoms with Gasteiger partial charge in [-0.1, -0.05) is 12.0 Å². The van der Waals surface area contributed by atoms with E-state index in [1.54, 1.807) is 0 Å². The van der Waals surface area contributed by atoms with Crippen molar-refractivity contribution in [1.29, 1.82) is 0 Å². The van der Waals surface area contributed by atoms with Crippen molar-refractivity contribution in [2.45, 2.75) is 37.0 Å². The number of piperazine rings is 1. The first kappa shape index (κ1) is 27.2. The number of halogens is 3. The van der Waals surface area contributed by atoms with E-state index >= 15 is 4.39 Å². The number of anilines is 1. The number of hydrogen-bond donors (Lipinski definition) is 2. The van der Waals surface area contributed by atoms with Crippen molar-refractivity contribution in [3.05, 3.63) is 41.5 Å². The minimum absolute atomic E-state index is 0.0339. The number of alkyl halides is 1. The van der Waals surface area contributed by atoms with Crippen LogP contribution in [0.5, 0.6) is 17.6 Å². The molecule has 8 rings (SSSR count). The Morgan fingerprint density at radius 3 is 2.93 bits per heavy atom. The number of terminal acetylenes is 1. The molecule has 2 aromatic heterocycles. The summed E-state index contributed by atoms with van der Waals surface area (Å²) in [4.78, 5) is 18.1. The largest absolute Gasteiger partial charge is 0.508 e. The van der Waals surface area contributed by atoms with Crippen molar-refractivity contribution in [3.63, 3.8) is 0 Å². The molecular weight excluding hydrogens is 573 g/mol. The third kappa shape index (κ3) is 4.13. The van der Waals surface area contributed by atoms with Gasteiger partial charge in [-0.05, 0) is 43.0 Å². The highest BCUT2D eigenvalue weighted by Gasteiger charge is 2.49. The number of ether oxygens (including phenoxy) is 2. The molecule has 0 aliphatic carbocycles. The van der Waals surface area contributed by atoms with Crippen molar-refractivity contribution in [2.24, 2.45) is 0 Å². The first-order chi connectivity index (χ1) is 21.3. The summed E-state index contributed by atoms with van der Waals surface area (Å²) >= 11 is 0. The fraction of sp³-hybridized carbons (Fsp3) is 0.406. The average molecular weight is 603 g/mol. The lowest BCUT2D eigenvalue weighted by molar-refractivity contribution is 0.107. The van der Waals surface area contributed by atoms with Crippen molar-refractivity contribution in [1.82, 2.24) is 25.2 Å². The fourth-order valence-electron chi connectivity index (χ4n) is 7.42. The molecule has 9 nitrogen and oxygen atoms in total. The summed E-state index contributed by atoms with van der Waals surface area (Å²) in [6.07, 6.45) is 6.87. The monoisotopic (exact) mass is 602 g/mol. The van der Waals surface area contributed by atoms with E-state index in [1.165, 1.54) is 24.3 Å². The minimum Gasteiger partial charge on any atom is -0.508 e. The molecule has 44 heavy (non-hydrogen) atoms. The molecule has 226 valence electrons. The van der Waals surface area contributed by atoms with Gasteiger partial charge in [-0.3, -0.25) is 4.90 Å². The van der Waals surface area contributed by atoms with Gasteiger partial charge in [-0.2, -0.15) is 9.97 Å². The molecule has 0 unspecified atom stereocenters. The Morgan fingerprint density at radius 2 is 2.07 bits per heavy atom. The van der Waals surface area contributed by atoms with Crippen LogP contribution in [0.25, 0.3) is 32.9 Å². The van der Waals surface area contributed by atoms with E-state index in [0.29, 0.717) is 49.2 Å². The number of phenolic OH excluding ortho intramolecular Hbond substituents is 1. The zero-order valence-corrected chi connectivity index (χ0v) is 23.7. The van der Waals surface area contributed by atoms with Crippen molar-refractivity contribution in [2.75, 3.05) is 50.8 Å². The lowest BCUT2D eigenvalue weighted by Crippen LogP contribution is -2.53. The third-order valence-electron chi connectivity index (χ3n) is 9.43. The van der Waals surface area contributed by atoms with E-state index in [-0.39, 0.29) is 64.6 Å². The smallest absolute Gasteiger partial charge is 0.319 e. The molecule has 4 aromatic rings. The lowest BCUT2D eigenvalue weighted by atomic mass is 9.95. The number of aromatic hydroxyl groups is 1. The topological polar surface area (TPSA) is 95.9 Å². The van der Waals surface area contributed by atoms with Gasteiger partial charge < -0.3 is 24.8 Å². The second kappa shape index (κ2) is 10.1. The summed E-state index contributed by atoms with van der Waals surface area (Å²) in [5.74, 6) is 1.26. The van der Waals surface area contributed by atoms with Crippen LogP contribution in [0.1, 0.15) is 24.8 Å². The number of pyridine rings is 1. The van der Waals surface area contributed by atoms with Crippen LogP contribution in [0.2, 0.25) is 0 Å². The number of fused-ring (bicyclic) bond motifs is 4. The highest BCUT2D eigenvalue weighted by Crippen LogP contribution is 2.44. The number of nitrogens with one attached hydrogen (secondary N) is 1. The minimum atomic E-state index is -0.927. The fourth-order valence-corrected chi connectivity index (χ4v) is 7.42. The van der Waals surface area contributed by atoms with Crippen LogP contribution in [0.15, 0.2) is 24.3 Å². The summed E-state index contributed by atoms with van der Waals surface area (Å²) in [6.45, 7) is 3.49. The first-order valence-electron chi connectivity index (χ1n) is 14.8. The van der Waals surface area contributed by atoms with Crippen LogP contribution in [0.4, 0.5) is 19.0 Å². The van der Waals surface area contributed by atoms with E-state index < -0.39 is 23.3 Å². The van der Waals surface area contributed by atoms with E-state index in [2.05, 4.69) is 26.1 Å². The summed E-state index contributed by atoms with van der Waals surface area (Å²) in [6, 6.07) is 5.25. The van der Waals surface area contributed by atoms with E-state index in [9.17, 15) is 13.9 Å². The standard InChI is InChI=1S/C32H29F3N6O3/c1-2-21-23(34)5-4-17-10-20(42)11-22(24(17)21)27-26(35)28-25-29(41-9-7-36-13-19(41)15-43-30(25)37-27)39-31(38-28)44-16-32-6-3-8-40(32)14-18(33)12-32/h1,4-5,10-11,18-19,36,42H,3,6-9,12-16H2/t18-,19-,32+/m1/s1. The maximum atomic E-state index is 16.8. The second-order valence-corrected chi connectivity index (χ2v) is 12.0. The number of rotatable bonds is 4. The van der Waals surface area contributed by atoms with Gasteiger partial charge in [0.2, 0.25) is 5.88 Å². The van der Waals surface area contributed by atoms with Gasteiger partial charge in [0.05, 0.1) is 17.1 Å². The maximum Gasteiger partial charge on any atom is 0.319 e. The van der Waals surface area contributed by atoms with Crippen LogP contribution >= 0.6 is 0 Å². The molecule has 4 aliphatic rings. The SMILES string of the molecule is C#Cc1c(F)ccc2cc(O)cc(-c3nc4c5c(nc(OC[C@@]67CCCN6C[C@H](F)C7)nc5c3F)N3CCNC[C@@H]3CO4)c12. The predicted octanol–water partition coefficient (Wildman–Crippen LogP) is 3.94. The quantitative estimate of drug-likeness (QED) is 0.337. The van der Waals surface area contributed by atoms with Crippen molar-refractivity contribution in [3.8, 4) is 41.2 Å². The number of aromatic nitrogens is 3. The normalized spacial score (nSPS) is 24.5. The maximum absolute atomic E-state index is 16.8. The van der Waals surface area contributed by atoms with Crippen LogP contribution in [-0.2, 0) is 0 Å². The molecule has 0 amide bonds. The molecular formula is C32H29F3N6O3. The van der Waals surface area contributed by atoms with Gasteiger partial charge in [0.25, 0.3) is 0 Å². The van der Waals surface area contributed by atoms with Gasteiger partial charge in [0.15, 0.2) is 5.82 Å². The van der Waals surface area contributed by atoms with Crippen LogP contribution < -0.4 is 19.7 Å². The molecule has 2 N–H and O–H groups in total. The zero-order chi connectivity index (χ0) is 30.2. The van der Waals surface area contributed by atoms with Crippen LogP contribution in [0.3, 0.4) is 0 Å². The average Bonchev–Trinajstić information content (AvgIpc) is 3.49. The summed E-state index contributed by atoms with van der Waals surface area (Å²) in [5, 5.41) is 14.9. The van der Waals surface area contributed by atoms with E-state index in [4.69, 9.17) is 20.9 Å². The molecule has 0 bridgehead atoms. The van der Waals surface area contributed by atoms with Crippen LogP contribution in [0, 0.1) is 24.0 Å². The highest BCUT2D eigenvalue weighted by atomic mass is 19.1. The molecule has 0 spiro atoms. The van der Waals surface area contributed by atoms with Gasteiger partial charge in [-0.15, -0.1) is 6.42 Å². The Labute approximate surface area is 251 Å². The molecule has 6 heterocycles. The summed E-state index contributed by atoms with van der Waals surface area (Å²) in [5.41, 5.74) is -0.728. The Balaban J connectivity index is 1.33. The molecule has 0 saturated carbocycles. The molecule has 4 aliphatic heterocycles. The summed E-state index contributed by atoms with van der Waals surface area (Å²) < 4.78 is 58.5. The number of phenols is 1. The molecule has 12 heteroatoms.